The standard InChI is InChI=1S/C11H12ClNO3S/c1-7-5-11(17(12,14)15)8(2)4-10(7)16-9(3)6-13/h4-5,9H,1-3H3. The van der Waals surface area contributed by atoms with E-state index in [1.165, 1.54) is 6.07 Å². The Labute approximate surface area is 105 Å². The monoisotopic (exact) mass is 273 g/mol. The van der Waals surface area contributed by atoms with Gasteiger partial charge in [-0.05, 0) is 44.0 Å². The number of benzene rings is 1. The molecule has 0 saturated heterocycles. The Morgan fingerprint density at radius 1 is 1.35 bits per heavy atom. The van der Waals surface area contributed by atoms with Gasteiger partial charge in [-0.15, -0.1) is 0 Å². The maximum Gasteiger partial charge on any atom is 0.261 e. The fourth-order valence-corrected chi connectivity index (χ4v) is 2.63. The molecule has 0 heterocycles. The van der Waals surface area contributed by atoms with Gasteiger partial charge in [0.25, 0.3) is 9.05 Å². The predicted octanol–water partition coefficient (Wildman–Crippen LogP) is 2.52. The molecule has 92 valence electrons. The zero-order valence-corrected chi connectivity index (χ0v) is 11.3. The SMILES string of the molecule is Cc1cc(S(=O)(=O)Cl)c(C)cc1OC(C)C#N. The van der Waals surface area contributed by atoms with Gasteiger partial charge < -0.3 is 4.74 Å². The predicted molar refractivity (Wildman–Crippen MR) is 64.7 cm³/mol. The zero-order chi connectivity index (χ0) is 13.2. The highest BCUT2D eigenvalue weighted by Crippen LogP contribution is 2.28. The Bertz CT molecular complexity index is 575. The normalized spacial score (nSPS) is 12.9. The van der Waals surface area contributed by atoms with Crippen LogP contribution in [0.5, 0.6) is 5.75 Å². The molecular formula is C11H12ClNO3S. The molecule has 6 heteroatoms. The Kier molecular flexibility index (Phi) is 4.02. The highest BCUT2D eigenvalue weighted by molar-refractivity contribution is 8.13. The van der Waals surface area contributed by atoms with Gasteiger partial charge in [0.2, 0.25) is 0 Å². The van der Waals surface area contributed by atoms with Gasteiger partial charge in [-0.2, -0.15) is 5.26 Å². The summed E-state index contributed by atoms with van der Waals surface area (Å²) in [5, 5.41) is 8.65. The molecule has 1 aromatic rings. The molecule has 0 fully saturated rings. The first-order valence-corrected chi connectivity index (χ1v) is 7.19. The molecule has 1 unspecified atom stereocenters. The van der Waals surface area contributed by atoms with Crippen LogP contribution in [0.25, 0.3) is 0 Å². The summed E-state index contributed by atoms with van der Waals surface area (Å²) in [4.78, 5) is 0.0635. The van der Waals surface area contributed by atoms with Crippen molar-refractivity contribution in [3.05, 3.63) is 23.3 Å². The molecule has 0 aliphatic carbocycles. The maximum absolute atomic E-state index is 11.3. The third-order valence-corrected chi connectivity index (χ3v) is 3.68. The third kappa shape index (κ3) is 3.35. The van der Waals surface area contributed by atoms with Crippen molar-refractivity contribution in [1.29, 1.82) is 5.26 Å². The van der Waals surface area contributed by atoms with Gasteiger partial charge >= 0.3 is 0 Å². The van der Waals surface area contributed by atoms with E-state index in [0.29, 0.717) is 16.9 Å². The molecule has 0 aromatic heterocycles. The lowest BCUT2D eigenvalue weighted by Crippen LogP contribution is -2.10. The molecule has 0 amide bonds. The van der Waals surface area contributed by atoms with Crippen LogP contribution in [0.4, 0.5) is 0 Å². The van der Waals surface area contributed by atoms with Gasteiger partial charge in [-0.25, -0.2) is 8.42 Å². The minimum absolute atomic E-state index is 0.0635. The van der Waals surface area contributed by atoms with Crippen molar-refractivity contribution < 1.29 is 13.2 Å². The first-order valence-electron chi connectivity index (χ1n) is 4.88. The molecule has 0 saturated carbocycles. The molecule has 4 nitrogen and oxygen atoms in total. The molecule has 0 bridgehead atoms. The van der Waals surface area contributed by atoms with Gasteiger partial charge in [0.15, 0.2) is 6.10 Å². The van der Waals surface area contributed by atoms with Crippen LogP contribution >= 0.6 is 10.7 Å². The van der Waals surface area contributed by atoms with Crippen molar-refractivity contribution in [2.24, 2.45) is 0 Å². The van der Waals surface area contributed by atoms with Crippen molar-refractivity contribution >= 4 is 19.7 Å². The van der Waals surface area contributed by atoms with Crippen LogP contribution in [-0.2, 0) is 9.05 Å². The van der Waals surface area contributed by atoms with Crippen molar-refractivity contribution in [3.8, 4) is 11.8 Å². The second kappa shape index (κ2) is 4.94. The van der Waals surface area contributed by atoms with Gasteiger partial charge in [-0.3, -0.25) is 0 Å². The third-order valence-electron chi connectivity index (χ3n) is 2.22. The molecule has 17 heavy (non-hydrogen) atoms. The van der Waals surface area contributed by atoms with Crippen molar-refractivity contribution in [3.63, 3.8) is 0 Å². The molecule has 1 atom stereocenters. The van der Waals surface area contributed by atoms with Crippen molar-refractivity contribution in [2.75, 3.05) is 0 Å². The van der Waals surface area contributed by atoms with E-state index in [0.717, 1.165) is 0 Å². The Balaban J connectivity index is 3.25. The number of hydrogen-bond acceptors (Lipinski definition) is 4. The van der Waals surface area contributed by atoms with Crippen LogP contribution in [0.3, 0.4) is 0 Å². The van der Waals surface area contributed by atoms with E-state index < -0.39 is 15.2 Å². The Morgan fingerprint density at radius 2 is 1.94 bits per heavy atom. The number of aryl methyl sites for hydroxylation is 2. The second-order valence-corrected chi connectivity index (χ2v) is 6.24. The van der Waals surface area contributed by atoms with Crippen LogP contribution in [0.15, 0.2) is 17.0 Å². The van der Waals surface area contributed by atoms with Crippen LogP contribution in [0.2, 0.25) is 0 Å². The number of nitriles is 1. The number of hydrogen-bond donors (Lipinski definition) is 0. The zero-order valence-electron chi connectivity index (χ0n) is 9.69. The summed E-state index contributed by atoms with van der Waals surface area (Å²) < 4.78 is 27.9. The minimum Gasteiger partial charge on any atom is -0.476 e. The fourth-order valence-electron chi connectivity index (χ4n) is 1.37. The van der Waals surface area contributed by atoms with Crippen molar-refractivity contribution in [2.45, 2.75) is 31.8 Å². The number of ether oxygens (including phenoxy) is 1. The van der Waals surface area contributed by atoms with E-state index >= 15 is 0 Å². The van der Waals surface area contributed by atoms with Crippen LogP contribution in [0.1, 0.15) is 18.1 Å². The van der Waals surface area contributed by atoms with Gasteiger partial charge in [0.05, 0.1) is 4.90 Å². The molecule has 1 aromatic carbocycles. The van der Waals surface area contributed by atoms with Gasteiger partial charge in [-0.1, -0.05) is 0 Å². The van der Waals surface area contributed by atoms with Gasteiger partial charge in [0, 0.05) is 10.7 Å². The molecule has 1 rings (SSSR count). The number of nitrogens with zero attached hydrogens (tertiary/aromatic N) is 1. The summed E-state index contributed by atoms with van der Waals surface area (Å²) in [5.74, 6) is 0.487. The summed E-state index contributed by atoms with van der Waals surface area (Å²) in [6.45, 7) is 4.93. The van der Waals surface area contributed by atoms with Crippen LogP contribution in [-0.4, -0.2) is 14.5 Å². The van der Waals surface area contributed by atoms with E-state index in [2.05, 4.69) is 0 Å². The minimum atomic E-state index is -3.76. The topological polar surface area (TPSA) is 67.2 Å². The lowest BCUT2D eigenvalue weighted by molar-refractivity contribution is 0.274. The van der Waals surface area contributed by atoms with E-state index in [-0.39, 0.29) is 4.90 Å². The average Bonchev–Trinajstić information content (AvgIpc) is 2.21. The highest BCUT2D eigenvalue weighted by atomic mass is 35.7. The van der Waals surface area contributed by atoms with E-state index in [4.69, 9.17) is 20.7 Å². The van der Waals surface area contributed by atoms with Gasteiger partial charge in [0.1, 0.15) is 11.8 Å². The first kappa shape index (κ1) is 13.8. The first-order chi connectivity index (χ1) is 7.75. The summed E-state index contributed by atoms with van der Waals surface area (Å²) in [5.41, 5.74) is 1.11. The summed E-state index contributed by atoms with van der Waals surface area (Å²) in [6, 6.07) is 4.95. The fraction of sp³-hybridized carbons (Fsp3) is 0.364. The Hall–Kier alpha value is -1.25. The quantitative estimate of drug-likeness (QED) is 0.794. The molecule has 0 aliphatic heterocycles. The molecule has 0 radical (unpaired) electrons. The maximum atomic E-state index is 11.3. The van der Waals surface area contributed by atoms with Crippen LogP contribution in [0, 0.1) is 25.2 Å². The second-order valence-electron chi connectivity index (χ2n) is 3.71. The average molecular weight is 274 g/mol. The summed E-state index contributed by atoms with van der Waals surface area (Å²) in [6.07, 6.45) is -0.591. The smallest absolute Gasteiger partial charge is 0.261 e. The Morgan fingerprint density at radius 3 is 2.41 bits per heavy atom. The largest absolute Gasteiger partial charge is 0.476 e. The number of rotatable bonds is 3. The van der Waals surface area contributed by atoms with E-state index in [1.807, 2.05) is 6.07 Å². The highest BCUT2D eigenvalue weighted by Gasteiger charge is 2.16. The van der Waals surface area contributed by atoms with Crippen molar-refractivity contribution in [1.82, 2.24) is 0 Å². The molecular weight excluding hydrogens is 262 g/mol. The summed E-state index contributed by atoms with van der Waals surface area (Å²) in [7, 11) is 1.55. The van der Waals surface area contributed by atoms with E-state index in [9.17, 15) is 8.42 Å². The molecule has 0 aliphatic rings. The van der Waals surface area contributed by atoms with Crippen LogP contribution < -0.4 is 4.74 Å². The lowest BCUT2D eigenvalue weighted by atomic mass is 10.1. The van der Waals surface area contributed by atoms with E-state index in [1.54, 1.807) is 26.8 Å². The molecule has 0 spiro atoms. The number of halogens is 1. The molecule has 0 N–H and O–H groups in total. The summed E-state index contributed by atoms with van der Waals surface area (Å²) >= 11 is 0. The lowest BCUT2D eigenvalue weighted by Gasteiger charge is -2.13.